The highest BCUT2D eigenvalue weighted by Gasteiger charge is 2.22. The summed E-state index contributed by atoms with van der Waals surface area (Å²) in [5, 5.41) is 8.69. The summed E-state index contributed by atoms with van der Waals surface area (Å²) >= 11 is 1.57. The Hall–Kier alpha value is -2.45. The van der Waals surface area contributed by atoms with Gasteiger partial charge in [0.25, 0.3) is 5.91 Å². The zero-order chi connectivity index (χ0) is 19.5. The first-order valence-corrected chi connectivity index (χ1v) is 10.6. The third-order valence-corrected chi connectivity index (χ3v) is 5.81. The molecule has 4 rings (SSSR count). The first-order valence-electron chi connectivity index (χ1n) is 9.75. The van der Waals surface area contributed by atoms with Gasteiger partial charge < -0.3 is 15.0 Å². The van der Waals surface area contributed by atoms with Crippen molar-refractivity contribution < 1.29 is 9.53 Å². The number of aryl methyl sites for hydroxylation is 1. The summed E-state index contributed by atoms with van der Waals surface area (Å²) in [7, 11) is 0. The lowest BCUT2D eigenvalue weighted by atomic mass is 10.1. The average molecular weight is 400 g/mol. The Balaban J connectivity index is 1.72. The lowest BCUT2D eigenvalue weighted by Crippen LogP contribution is -2.29. The highest BCUT2D eigenvalue weighted by atomic mass is 32.1. The maximum atomic E-state index is 12.3. The van der Waals surface area contributed by atoms with E-state index < -0.39 is 0 Å². The normalized spacial score (nSPS) is 14.6. The minimum absolute atomic E-state index is 0.0141. The molecule has 0 atom stereocenters. The van der Waals surface area contributed by atoms with Crippen LogP contribution < -0.4 is 10.2 Å². The molecule has 2 aromatic heterocycles. The molecule has 8 heteroatoms. The quantitative estimate of drug-likeness (QED) is 0.684. The zero-order valence-electron chi connectivity index (χ0n) is 16.3. The van der Waals surface area contributed by atoms with Crippen molar-refractivity contribution in [1.82, 2.24) is 14.6 Å². The van der Waals surface area contributed by atoms with Crippen LogP contribution >= 0.6 is 11.3 Å². The van der Waals surface area contributed by atoms with Gasteiger partial charge in [0.1, 0.15) is 12.3 Å². The second-order valence-corrected chi connectivity index (χ2v) is 7.92. The van der Waals surface area contributed by atoms with Crippen LogP contribution in [-0.2, 0) is 9.53 Å². The molecule has 1 N–H and O–H groups in total. The maximum absolute atomic E-state index is 12.3. The van der Waals surface area contributed by atoms with Crippen LogP contribution in [0.15, 0.2) is 24.3 Å². The number of carbonyl (C=O) groups excluding carboxylic acids is 1. The average Bonchev–Trinajstić information content (AvgIpc) is 3.27. The van der Waals surface area contributed by atoms with E-state index in [0.29, 0.717) is 12.4 Å². The summed E-state index contributed by atoms with van der Waals surface area (Å²) < 4.78 is 7.01. The fourth-order valence-corrected chi connectivity index (χ4v) is 4.29. The van der Waals surface area contributed by atoms with E-state index in [2.05, 4.69) is 10.2 Å². The number of anilines is 2. The van der Waals surface area contributed by atoms with Crippen LogP contribution in [0.3, 0.4) is 0 Å². The van der Waals surface area contributed by atoms with Gasteiger partial charge in [0, 0.05) is 25.3 Å². The van der Waals surface area contributed by atoms with E-state index in [1.54, 1.807) is 15.9 Å². The number of piperidine rings is 1. The first kappa shape index (κ1) is 18.9. The predicted molar refractivity (Wildman–Crippen MR) is 112 cm³/mol. The second-order valence-electron chi connectivity index (χ2n) is 6.99. The van der Waals surface area contributed by atoms with E-state index in [0.717, 1.165) is 34.4 Å². The number of aromatic nitrogens is 3. The van der Waals surface area contributed by atoms with Gasteiger partial charge in [-0.25, -0.2) is 4.98 Å². The number of amides is 1. The molecule has 3 heterocycles. The fraction of sp³-hybridized carbons (Fsp3) is 0.450. The second kappa shape index (κ2) is 8.28. The molecule has 1 aliphatic heterocycles. The minimum atomic E-state index is -0.204. The van der Waals surface area contributed by atoms with Crippen LogP contribution in [0.25, 0.3) is 16.2 Å². The maximum Gasteiger partial charge on any atom is 0.251 e. The van der Waals surface area contributed by atoms with Crippen molar-refractivity contribution in [2.45, 2.75) is 33.1 Å². The molecule has 0 radical (unpaired) electrons. The molecule has 28 heavy (non-hydrogen) atoms. The van der Waals surface area contributed by atoms with Crippen LogP contribution in [-0.4, -0.2) is 46.8 Å². The summed E-state index contributed by atoms with van der Waals surface area (Å²) in [4.78, 5) is 20.2. The van der Waals surface area contributed by atoms with Gasteiger partial charge >= 0.3 is 0 Å². The van der Waals surface area contributed by atoms with Crippen LogP contribution in [0.2, 0.25) is 0 Å². The van der Waals surface area contributed by atoms with Gasteiger partial charge in [-0.05, 0) is 33.1 Å². The molecule has 1 fully saturated rings. The molecule has 0 spiro atoms. The van der Waals surface area contributed by atoms with Crippen molar-refractivity contribution in [3.63, 3.8) is 0 Å². The summed E-state index contributed by atoms with van der Waals surface area (Å²) in [6, 6.07) is 8.12. The van der Waals surface area contributed by atoms with Crippen LogP contribution in [0.4, 0.5) is 10.9 Å². The lowest BCUT2D eigenvalue weighted by Gasteiger charge is -2.25. The highest BCUT2D eigenvalue weighted by molar-refractivity contribution is 7.20. The largest absolute Gasteiger partial charge is 0.372 e. The topological polar surface area (TPSA) is 71.8 Å². The molecule has 148 valence electrons. The number of ether oxygens (including phenoxy) is 1. The van der Waals surface area contributed by atoms with E-state index in [4.69, 9.17) is 14.8 Å². The SMILES string of the molecule is CCOCC(=O)Nc1c(-c2ccc(C)cc2)nc2sc(N3CCCCC3)nn12. The first-order chi connectivity index (χ1) is 13.7. The number of hydrogen-bond acceptors (Lipinski definition) is 6. The monoisotopic (exact) mass is 399 g/mol. The predicted octanol–water partition coefficient (Wildman–Crippen LogP) is 3.73. The number of benzene rings is 1. The van der Waals surface area contributed by atoms with Gasteiger partial charge in [0.05, 0.1) is 0 Å². The van der Waals surface area contributed by atoms with E-state index in [-0.39, 0.29) is 12.5 Å². The summed E-state index contributed by atoms with van der Waals surface area (Å²) in [6.45, 7) is 6.47. The standard InChI is InChI=1S/C20H25N5O2S/c1-3-27-13-16(26)21-18-17(15-9-7-14(2)8-10-15)22-19-25(18)23-20(28-19)24-11-5-4-6-12-24/h7-10H,3-6,11-13H2,1-2H3,(H,21,26). The molecular weight excluding hydrogens is 374 g/mol. The van der Waals surface area contributed by atoms with Crippen molar-refractivity contribution in [3.8, 4) is 11.3 Å². The van der Waals surface area contributed by atoms with Crippen molar-refractivity contribution in [3.05, 3.63) is 29.8 Å². The minimum Gasteiger partial charge on any atom is -0.372 e. The van der Waals surface area contributed by atoms with Gasteiger partial charge in [-0.1, -0.05) is 41.2 Å². The molecular formula is C20H25N5O2S. The molecule has 0 bridgehead atoms. The van der Waals surface area contributed by atoms with E-state index in [1.165, 1.54) is 24.8 Å². The van der Waals surface area contributed by atoms with Crippen LogP contribution in [0.1, 0.15) is 31.7 Å². The highest BCUT2D eigenvalue weighted by Crippen LogP contribution is 2.34. The molecule has 1 saturated heterocycles. The lowest BCUT2D eigenvalue weighted by molar-refractivity contribution is -0.120. The summed E-state index contributed by atoms with van der Waals surface area (Å²) in [5.74, 6) is 0.396. The van der Waals surface area contributed by atoms with Gasteiger partial charge in [-0.2, -0.15) is 4.52 Å². The molecule has 0 saturated carbocycles. The zero-order valence-corrected chi connectivity index (χ0v) is 17.1. The van der Waals surface area contributed by atoms with Crippen molar-refractivity contribution >= 4 is 33.2 Å². The van der Waals surface area contributed by atoms with Gasteiger partial charge in [-0.3, -0.25) is 4.79 Å². The molecule has 7 nitrogen and oxygen atoms in total. The number of rotatable bonds is 6. The fourth-order valence-electron chi connectivity index (χ4n) is 3.34. The van der Waals surface area contributed by atoms with Crippen molar-refractivity contribution in [2.75, 3.05) is 36.5 Å². The Morgan fingerprint density at radius 2 is 1.96 bits per heavy atom. The Labute approximate surface area is 168 Å². The number of fused-ring (bicyclic) bond motifs is 1. The number of nitrogens with one attached hydrogen (secondary N) is 1. The molecule has 1 amide bonds. The molecule has 1 aliphatic rings. The van der Waals surface area contributed by atoms with Crippen molar-refractivity contribution in [1.29, 1.82) is 0 Å². The van der Waals surface area contributed by atoms with Gasteiger partial charge in [0.15, 0.2) is 5.82 Å². The third-order valence-electron chi connectivity index (χ3n) is 4.84. The summed E-state index contributed by atoms with van der Waals surface area (Å²) in [6.07, 6.45) is 3.65. The smallest absolute Gasteiger partial charge is 0.251 e. The van der Waals surface area contributed by atoms with Crippen LogP contribution in [0.5, 0.6) is 0 Å². The van der Waals surface area contributed by atoms with Crippen LogP contribution in [0, 0.1) is 6.92 Å². The van der Waals surface area contributed by atoms with Crippen molar-refractivity contribution in [2.24, 2.45) is 0 Å². The van der Waals surface area contributed by atoms with E-state index in [1.807, 2.05) is 38.1 Å². The number of carbonyl (C=O) groups is 1. The van der Waals surface area contributed by atoms with Gasteiger partial charge in [-0.15, -0.1) is 5.10 Å². The number of nitrogens with zero attached hydrogens (tertiary/aromatic N) is 4. The molecule has 0 aliphatic carbocycles. The van der Waals surface area contributed by atoms with Gasteiger partial charge in [0.2, 0.25) is 10.1 Å². The molecule has 3 aromatic rings. The molecule has 1 aromatic carbocycles. The molecule has 0 unspecified atom stereocenters. The Kier molecular flexibility index (Phi) is 5.59. The number of imidazole rings is 1. The van der Waals surface area contributed by atoms with E-state index in [9.17, 15) is 4.79 Å². The van der Waals surface area contributed by atoms with E-state index >= 15 is 0 Å². The Morgan fingerprint density at radius 3 is 2.68 bits per heavy atom. The number of hydrogen-bond donors (Lipinski definition) is 1. The third kappa shape index (κ3) is 3.88. The Bertz CT molecular complexity index is 957. The summed E-state index contributed by atoms with van der Waals surface area (Å²) in [5.41, 5.74) is 2.86. The Morgan fingerprint density at radius 1 is 1.21 bits per heavy atom.